The number of sulfone groups is 1. The van der Waals surface area contributed by atoms with Gasteiger partial charge in [-0.05, 0) is 29.8 Å². The molecule has 0 saturated carbocycles. The first-order valence-corrected chi connectivity index (χ1v) is 9.36. The number of anilines is 1. The van der Waals surface area contributed by atoms with E-state index in [-0.39, 0.29) is 23.8 Å². The van der Waals surface area contributed by atoms with E-state index in [9.17, 15) is 13.2 Å². The summed E-state index contributed by atoms with van der Waals surface area (Å²) in [4.78, 5) is 11.8. The number of carbonyl (C=O) groups is 1. The van der Waals surface area contributed by atoms with Gasteiger partial charge in [-0.25, -0.2) is 8.42 Å². The summed E-state index contributed by atoms with van der Waals surface area (Å²) >= 11 is 3.31. The summed E-state index contributed by atoms with van der Waals surface area (Å²) in [5, 5.41) is 2.68. The molecule has 2 aromatic carbocycles. The van der Waals surface area contributed by atoms with Gasteiger partial charge in [0.05, 0.1) is 11.5 Å². The number of rotatable bonds is 6. The predicted molar refractivity (Wildman–Crippen MR) is 91.3 cm³/mol. The van der Waals surface area contributed by atoms with Crippen LogP contribution in [0.4, 0.5) is 5.69 Å². The van der Waals surface area contributed by atoms with Crippen molar-refractivity contribution in [1.29, 1.82) is 0 Å². The van der Waals surface area contributed by atoms with Crippen molar-refractivity contribution in [2.75, 3.05) is 11.1 Å². The number of benzene rings is 2. The Morgan fingerprint density at radius 2 is 1.64 bits per heavy atom. The SMILES string of the molecule is O=C(CCS(=O)(=O)Cc1ccccc1)Nc1ccc(Br)cc1. The van der Waals surface area contributed by atoms with Gasteiger partial charge in [0, 0.05) is 16.6 Å². The van der Waals surface area contributed by atoms with E-state index in [1.165, 1.54) is 0 Å². The molecule has 4 nitrogen and oxygen atoms in total. The average molecular weight is 382 g/mol. The molecule has 0 unspecified atom stereocenters. The topological polar surface area (TPSA) is 63.2 Å². The second-order valence-electron chi connectivity index (χ2n) is 4.88. The third-order valence-corrected chi connectivity index (χ3v) is 5.13. The molecule has 0 fully saturated rings. The molecule has 116 valence electrons. The molecule has 0 aliphatic heterocycles. The molecule has 2 rings (SSSR count). The van der Waals surface area contributed by atoms with E-state index in [0.717, 1.165) is 10.0 Å². The Labute approximate surface area is 138 Å². The normalized spacial score (nSPS) is 11.1. The summed E-state index contributed by atoms with van der Waals surface area (Å²) in [5.74, 6) is -0.511. The summed E-state index contributed by atoms with van der Waals surface area (Å²) in [6, 6.07) is 16.1. The first-order valence-electron chi connectivity index (χ1n) is 6.74. The van der Waals surface area contributed by atoms with Crippen molar-refractivity contribution < 1.29 is 13.2 Å². The maximum absolute atomic E-state index is 12.0. The number of halogens is 1. The van der Waals surface area contributed by atoms with Gasteiger partial charge in [0.1, 0.15) is 0 Å². The molecular weight excluding hydrogens is 366 g/mol. The molecule has 0 radical (unpaired) electrons. The number of hydrogen-bond donors (Lipinski definition) is 1. The van der Waals surface area contributed by atoms with Gasteiger partial charge in [-0.2, -0.15) is 0 Å². The van der Waals surface area contributed by atoms with Gasteiger partial charge in [0.2, 0.25) is 5.91 Å². The molecule has 0 aliphatic carbocycles. The zero-order chi connectivity index (χ0) is 16.0. The van der Waals surface area contributed by atoms with Crippen LogP contribution in [-0.2, 0) is 20.4 Å². The quantitative estimate of drug-likeness (QED) is 0.833. The lowest BCUT2D eigenvalue weighted by Crippen LogP contribution is -2.18. The summed E-state index contributed by atoms with van der Waals surface area (Å²) in [7, 11) is -3.30. The number of hydrogen-bond acceptors (Lipinski definition) is 3. The predicted octanol–water partition coefficient (Wildman–Crippen LogP) is 3.39. The van der Waals surface area contributed by atoms with Crippen molar-refractivity contribution in [2.24, 2.45) is 0 Å². The highest BCUT2D eigenvalue weighted by atomic mass is 79.9. The van der Waals surface area contributed by atoms with Gasteiger partial charge in [0.15, 0.2) is 9.84 Å². The van der Waals surface area contributed by atoms with Crippen molar-refractivity contribution in [3.63, 3.8) is 0 Å². The van der Waals surface area contributed by atoms with Crippen LogP contribution in [0.2, 0.25) is 0 Å². The fraction of sp³-hybridized carbons (Fsp3) is 0.188. The molecule has 0 spiro atoms. The van der Waals surface area contributed by atoms with E-state index in [2.05, 4.69) is 21.2 Å². The molecule has 22 heavy (non-hydrogen) atoms. The lowest BCUT2D eigenvalue weighted by Gasteiger charge is -2.06. The number of amides is 1. The number of nitrogens with one attached hydrogen (secondary N) is 1. The Morgan fingerprint density at radius 1 is 1.00 bits per heavy atom. The third-order valence-electron chi connectivity index (χ3n) is 3.00. The van der Waals surface area contributed by atoms with Gasteiger partial charge >= 0.3 is 0 Å². The Morgan fingerprint density at radius 3 is 2.27 bits per heavy atom. The summed E-state index contributed by atoms with van der Waals surface area (Å²) in [5.41, 5.74) is 1.38. The van der Waals surface area contributed by atoms with Gasteiger partial charge in [-0.3, -0.25) is 4.79 Å². The maximum atomic E-state index is 12.0. The minimum absolute atomic E-state index is 0.0423. The van der Waals surface area contributed by atoms with E-state index in [1.807, 2.05) is 18.2 Å². The Bertz CT molecular complexity index is 728. The fourth-order valence-corrected chi connectivity index (χ4v) is 3.51. The highest BCUT2D eigenvalue weighted by Crippen LogP contribution is 2.14. The molecule has 2 aromatic rings. The zero-order valence-electron chi connectivity index (χ0n) is 11.8. The van der Waals surface area contributed by atoms with E-state index < -0.39 is 9.84 Å². The van der Waals surface area contributed by atoms with Crippen molar-refractivity contribution in [3.05, 3.63) is 64.6 Å². The molecule has 0 aromatic heterocycles. The van der Waals surface area contributed by atoms with Gasteiger partial charge in [0.25, 0.3) is 0 Å². The lowest BCUT2D eigenvalue weighted by atomic mass is 10.2. The second-order valence-corrected chi connectivity index (χ2v) is 7.98. The Kier molecular flexibility index (Phi) is 5.74. The zero-order valence-corrected chi connectivity index (χ0v) is 14.2. The molecule has 0 saturated heterocycles. The van der Waals surface area contributed by atoms with Crippen LogP contribution in [-0.4, -0.2) is 20.1 Å². The van der Waals surface area contributed by atoms with Crippen LogP contribution in [0.1, 0.15) is 12.0 Å². The van der Waals surface area contributed by atoms with Gasteiger partial charge < -0.3 is 5.32 Å². The van der Waals surface area contributed by atoms with Crippen LogP contribution in [0, 0.1) is 0 Å². The molecule has 0 aliphatic rings. The summed E-state index contributed by atoms with van der Waals surface area (Å²) in [6.07, 6.45) is -0.0504. The largest absolute Gasteiger partial charge is 0.326 e. The first kappa shape index (κ1) is 16.7. The lowest BCUT2D eigenvalue weighted by molar-refractivity contribution is -0.115. The Balaban J connectivity index is 1.86. The summed E-state index contributed by atoms with van der Waals surface area (Å²) in [6.45, 7) is 0. The molecule has 6 heteroatoms. The minimum atomic E-state index is -3.30. The molecule has 1 N–H and O–H groups in total. The van der Waals surface area contributed by atoms with E-state index in [4.69, 9.17) is 0 Å². The van der Waals surface area contributed by atoms with Crippen LogP contribution in [0.3, 0.4) is 0 Å². The van der Waals surface area contributed by atoms with Crippen molar-refractivity contribution in [1.82, 2.24) is 0 Å². The second kappa shape index (κ2) is 7.56. The monoisotopic (exact) mass is 381 g/mol. The van der Waals surface area contributed by atoms with E-state index in [1.54, 1.807) is 36.4 Å². The molecule has 1 amide bonds. The highest BCUT2D eigenvalue weighted by molar-refractivity contribution is 9.10. The smallest absolute Gasteiger partial charge is 0.225 e. The Hall–Kier alpha value is -1.66. The third kappa shape index (κ3) is 5.61. The molecule has 0 bridgehead atoms. The van der Waals surface area contributed by atoms with Crippen LogP contribution in [0.5, 0.6) is 0 Å². The summed E-state index contributed by atoms with van der Waals surface area (Å²) < 4.78 is 24.9. The van der Waals surface area contributed by atoms with Crippen molar-refractivity contribution in [2.45, 2.75) is 12.2 Å². The van der Waals surface area contributed by atoms with Crippen molar-refractivity contribution in [3.8, 4) is 0 Å². The van der Waals surface area contributed by atoms with Gasteiger partial charge in [-0.15, -0.1) is 0 Å². The fourth-order valence-electron chi connectivity index (χ4n) is 1.91. The van der Waals surface area contributed by atoms with E-state index >= 15 is 0 Å². The number of carbonyl (C=O) groups excluding carboxylic acids is 1. The first-order chi connectivity index (χ1) is 10.4. The molecular formula is C16H16BrNO3S. The average Bonchev–Trinajstić information content (AvgIpc) is 2.48. The standard InChI is InChI=1S/C16H16BrNO3S/c17-14-6-8-15(9-7-14)18-16(19)10-11-22(20,21)12-13-4-2-1-3-5-13/h1-9H,10-12H2,(H,18,19). The highest BCUT2D eigenvalue weighted by Gasteiger charge is 2.14. The minimum Gasteiger partial charge on any atom is -0.326 e. The van der Waals surface area contributed by atoms with Crippen LogP contribution < -0.4 is 5.32 Å². The maximum Gasteiger partial charge on any atom is 0.225 e. The van der Waals surface area contributed by atoms with Crippen LogP contribution >= 0.6 is 15.9 Å². The van der Waals surface area contributed by atoms with Crippen LogP contribution in [0.15, 0.2) is 59.1 Å². The molecule has 0 heterocycles. The van der Waals surface area contributed by atoms with E-state index in [0.29, 0.717) is 5.69 Å². The molecule has 0 atom stereocenters. The van der Waals surface area contributed by atoms with Crippen LogP contribution in [0.25, 0.3) is 0 Å². The van der Waals surface area contributed by atoms with Crippen molar-refractivity contribution >= 4 is 37.4 Å². The van der Waals surface area contributed by atoms with Gasteiger partial charge in [-0.1, -0.05) is 46.3 Å².